The van der Waals surface area contributed by atoms with Gasteiger partial charge in [0.15, 0.2) is 0 Å². The molecule has 0 spiro atoms. The Balaban J connectivity index is 5.01. The van der Waals surface area contributed by atoms with Gasteiger partial charge in [0.25, 0.3) is 0 Å². The van der Waals surface area contributed by atoms with Gasteiger partial charge in [-0.1, -0.05) is 34.6 Å². The van der Waals surface area contributed by atoms with Crippen molar-refractivity contribution in [2.75, 3.05) is 0 Å². The molecule has 0 radical (unpaired) electrons. The van der Waals surface area contributed by atoms with Crippen molar-refractivity contribution in [2.45, 2.75) is 67.9 Å². The molecule has 0 bridgehead atoms. The molecule has 0 amide bonds. The lowest BCUT2D eigenvalue weighted by Gasteiger charge is -2.41. The van der Waals surface area contributed by atoms with Gasteiger partial charge in [0.2, 0.25) is 0 Å². The number of hydrogen-bond acceptors (Lipinski definition) is 2. The third-order valence-corrected chi connectivity index (χ3v) is 3.27. The first-order valence-corrected chi connectivity index (χ1v) is 6.22. The molecule has 16 heavy (non-hydrogen) atoms. The zero-order valence-corrected chi connectivity index (χ0v) is 12.2. The van der Waals surface area contributed by atoms with Crippen molar-refractivity contribution in [2.24, 2.45) is 16.7 Å². The van der Waals surface area contributed by atoms with Crippen LogP contribution < -0.4 is 0 Å². The van der Waals surface area contributed by atoms with Gasteiger partial charge in [-0.3, -0.25) is 4.79 Å². The average Bonchev–Trinajstić information content (AvgIpc) is 1.98. The topological polar surface area (TPSA) is 26.3 Å². The summed E-state index contributed by atoms with van der Waals surface area (Å²) in [6.07, 6.45) is 0.823. The third kappa shape index (κ3) is 3.80. The summed E-state index contributed by atoms with van der Waals surface area (Å²) in [4.78, 5) is 12.2. The normalized spacial score (nSPS) is 16.4. The van der Waals surface area contributed by atoms with E-state index in [2.05, 4.69) is 34.6 Å². The predicted octanol–water partition coefficient (Wildman–Crippen LogP) is 4.04. The lowest BCUT2D eigenvalue weighted by atomic mass is 9.64. The second-order valence-corrected chi connectivity index (χ2v) is 6.63. The molecule has 0 aliphatic rings. The van der Waals surface area contributed by atoms with Gasteiger partial charge < -0.3 is 4.74 Å². The van der Waals surface area contributed by atoms with E-state index in [-0.39, 0.29) is 17.5 Å². The van der Waals surface area contributed by atoms with Crippen molar-refractivity contribution in [1.29, 1.82) is 0 Å². The van der Waals surface area contributed by atoms with E-state index in [1.807, 2.05) is 20.8 Å². The summed E-state index contributed by atoms with van der Waals surface area (Å²) in [6, 6.07) is 0. The number of ether oxygens (including phenoxy) is 1. The summed E-state index contributed by atoms with van der Waals surface area (Å²) in [6.45, 7) is 16.4. The van der Waals surface area contributed by atoms with Crippen LogP contribution in [-0.4, -0.2) is 12.1 Å². The zero-order chi connectivity index (χ0) is 13.1. The highest BCUT2D eigenvalue weighted by Gasteiger charge is 2.45. The van der Waals surface area contributed by atoms with Crippen LogP contribution in [0.3, 0.4) is 0 Å². The first kappa shape index (κ1) is 15.5. The maximum atomic E-state index is 12.2. The van der Waals surface area contributed by atoms with Crippen molar-refractivity contribution < 1.29 is 9.53 Å². The Morgan fingerprint density at radius 3 is 1.75 bits per heavy atom. The molecule has 0 N–H and O–H groups in total. The van der Waals surface area contributed by atoms with Crippen LogP contribution in [0.15, 0.2) is 0 Å². The zero-order valence-electron chi connectivity index (χ0n) is 12.2. The van der Waals surface area contributed by atoms with E-state index in [9.17, 15) is 4.79 Å². The Morgan fingerprint density at radius 1 is 1.06 bits per heavy atom. The summed E-state index contributed by atoms with van der Waals surface area (Å²) >= 11 is 0. The summed E-state index contributed by atoms with van der Waals surface area (Å²) in [7, 11) is 0. The van der Waals surface area contributed by atoms with Gasteiger partial charge in [0.05, 0.1) is 11.5 Å². The molecule has 0 fully saturated rings. The standard InChI is InChI=1S/C14H28O2/c1-10(2)9-14(8,13(5,6)7)12(15)16-11(3)4/h10-11H,9H2,1-8H3. The van der Waals surface area contributed by atoms with E-state index in [0.717, 1.165) is 6.42 Å². The molecule has 2 nitrogen and oxygen atoms in total. The van der Waals surface area contributed by atoms with Crippen LogP contribution in [0.25, 0.3) is 0 Å². The van der Waals surface area contributed by atoms with Crippen LogP contribution in [-0.2, 0) is 9.53 Å². The number of carbonyl (C=O) groups excluding carboxylic acids is 1. The predicted molar refractivity (Wildman–Crippen MR) is 68.2 cm³/mol. The molecule has 0 rings (SSSR count). The Kier molecular flexibility index (Phi) is 5.03. The minimum Gasteiger partial charge on any atom is -0.463 e. The fourth-order valence-corrected chi connectivity index (χ4v) is 1.86. The Bertz CT molecular complexity index is 236. The molecule has 0 aliphatic heterocycles. The molecule has 1 atom stereocenters. The number of esters is 1. The van der Waals surface area contributed by atoms with Gasteiger partial charge in [-0.25, -0.2) is 0 Å². The molecule has 96 valence electrons. The van der Waals surface area contributed by atoms with Crippen LogP contribution in [0.5, 0.6) is 0 Å². The third-order valence-electron chi connectivity index (χ3n) is 3.27. The SMILES string of the molecule is CC(C)CC(C)(C(=O)OC(C)C)C(C)(C)C. The first-order valence-electron chi connectivity index (χ1n) is 6.22. The van der Waals surface area contributed by atoms with Gasteiger partial charge >= 0.3 is 5.97 Å². The highest BCUT2D eigenvalue weighted by molar-refractivity contribution is 5.77. The smallest absolute Gasteiger partial charge is 0.312 e. The molecular weight excluding hydrogens is 200 g/mol. The second kappa shape index (κ2) is 5.20. The number of hydrogen-bond donors (Lipinski definition) is 0. The number of carbonyl (C=O) groups is 1. The quantitative estimate of drug-likeness (QED) is 0.679. The average molecular weight is 228 g/mol. The lowest BCUT2D eigenvalue weighted by Crippen LogP contribution is -2.43. The van der Waals surface area contributed by atoms with E-state index in [4.69, 9.17) is 4.74 Å². The molecule has 1 unspecified atom stereocenters. The van der Waals surface area contributed by atoms with Gasteiger partial charge in [-0.05, 0) is 38.5 Å². The van der Waals surface area contributed by atoms with Gasteiger partial charge in [-0.2, -0.15) is 0 Å². The minimum atomic E-state index is -0.411. The molecule has 0 heterocycles. The molecular formula is C14H28O2. The van der Waals surface area contributed by atoms with Crippen LogP contribution in [0.2, 0.25) is 0 Å². The summed E-state index contributed by atoms with van der Waals surface area (Å²) in [5, 5.41) is 0. The summed E-state index contributed by atoms with van der Waals surface area (Å²) in [5.74, 6) is 0.424. The highest BCUT2D eigenvalue weighted by atomic mass is 16.5. The molecule has 0 aliphatic carbocycles. The molecule has 2 heteroatoms. The summed E-state index contributed by atoms with van der Waals surface area (Å²) < 4.78 is 5.40. The van der Waals surface area contributed by atoms with Crippen molar-refractivity contribution >= 4 is 5.97 Å². The van der Waals surface area contributed by atoms with E-state index in [0.29, 0.717) is 5.92 Å². The molecule has 0 aromatic rings. The monoisotopic (exact) mass is 228 g/mol. The van der Waals surface area contributed by atoms with Crippen LogP contribution in [0.4, 0.5) is 0 Å². The van der Waals surface area contributed by atoms with Crippen molar-refractivity contribution in [3.63, 3.8) is 0 Å². The van der Waals surface area contributed by atoms with Crippen LogP contribution in [0, 0.1) is 16.7 Å². The fraction of sp³-hybridized carbons (Fsp3) is 0.929. The fourth-order valence-electron chi connectivity index (χ4n) is 1.86. The summed E-state index contributed by atoms with van der Waals surface area (Å²) in [5.41, 5.74) is -0.491. The van der Waals surface area contributed by atoms with Gasteiger partial charge in [0, 0.05) is 0 Å². The van der Waals surface area contributed by atoms with E-state index < -0.39 is 5.41 Å². The molecule has 0 aromatic carbocycles. The van der Waals surface area contributed by atoms with Crippen molar-refractivity contribution in [1.82, 2.24) is 0 Å². The Hall–Kier alpha value is -0.530. The highest BCUT2D eigenvalue weighted by Crippen LogP contribution is 2.44. The second-order valence-electron chi connectivity index (χ2n) is 6.63. The van der Waals surface area contributed by atoms with Gasteiger partial charge in [0.1, 0.15) is 0 Å². The van der Waals surface area contributed by atoms with E-state index >= 15 is 0 Å². The Labute approximate surface area is 101 Å². The maximum absolute atomic E-state index is 12.2. The van der Waals surface area contributed by atoms with Crippen molar-refractivity contribution in [3.8, 4) is 0 Å². The number of rotatable bonds is 4. The molecule has 0 saturated heterocycles. The first-order chi connectivity index (χ1) is 7.00. The van der Waals surface area contributed by atoms with E-state index in [1.54, 1.807) is 0 Å². The van der Waals surface area contributed by atoms with Crippen LogP contribution >= 0.6 is 0 Å². The minimum absolute atomic E-state index is 0.0404. The Morgan fingerprint density at radius 2 is 1.50 bits per heavy atom. The van der Waals surface area contributed by atoms with Crippen LogP contribution in [0.1, 0.15) is 61.8 Å². The largest absolute Gasteiger partial charge is 0.463 e. The maximum Gasteiger partial charge on any atom is 0.312 e. The molecule has 0 saturated carbocycles. The van der Waals surface area contributed by atoms with Gasteiger partial charge in [-0.15, -0.1) is 0 Å². The van der Waals surface area contributed by atoms with E-state index in [1.165, 1.54) is 0 Å². The van der Waals surface area contributed by atoms with Crippen molar-refractivity contribution in [3.05, 3.63) is 0 Å². The lowest BCUT2D eigenvalue weighted by molar-refractivity contribution is -0.167. The molecule has 0 aromatic heterocycles.